The Morgan fingerprint density at radius 2 is 2.26 bits per heavy atom. The number of hydrogen-bond donors (Lipinski definition) is 1. The Labute approximate surface area is 121 Å². The van der Waals surface area contributed by atoms with Crippen molar-refractivity contribution in [1.29, 1.82) is 0 Å². The van der Waals surface area contributed by atoms with E-state index in [1.807, 2.05) is 25.1 Å². The number of carboxylic acids is 1. The molecule has 1 rings (SSSR count). The van der Waals surface area contributed by atoms with Crippen LogP contribution in [0.1, 0.15) is 18.9 Å². The first-order chi connectivity index (χ1) is 9.02. The summed E-state index contributed by atoms with van der Waals surface area (Å²) < 4.78 is 11.7. The molecule has 104 valence electrons. The molecule has 0 amide bonds. The van der Waals surface area contributed by atoms with Crippen LogP contribution in [-0.4, -0.2) is 30.9 Å². The van der Waals surface area contributed by atoms with Crippen LogP contribution in [0.15, 0.2) is 28.7 Å². The average Bonchev–Trinajstić information content (AvgIpc) is 2.36. The van der Waals surface area contributed by atoms with Crippen molar-refractivity contribution in [3.63, 3.8) is 0 Å². The van der Waals surface area contributed by atoms with Crippen LogP contribution >= 0.6 is 15.9 Å². The quantitative estimate of drug-likeness (QED) is 0.780. The minimum Gasteiger partial charge on any atom is -0.490 e. The van der Waals surface area contributed by atoms with Gasteiger partial charge in [0.1, 0.15) is 5.75 Å². The van der Waals surface area contributed by atoms with Crippen molar-refractivity contribution < 1.29 is 19.4 Å². The highest BCUT2D eigenvalue weighted by molar-refractivity contribution is 9.10. The number of benzene rings is 1. The molecule has 0 aromatic heterocycles. The summed E-state index contributed by atoms with van der Waals surface area (Å²) in [7, 11) is 1.65. The minimum atomic E-state index is -0.988. The van der Waals surface area contributed by atoms with Gasteiger partial charge in [-0.1, -0.05) is 15.9 Å². The van der Waals surface area contributed by atoms with Crippen LogP contribution in [0.4, 0.5) is 0 Å². The molecular formula is C14H17BrO4. The fourth-order valence-corrected chi connectivity index (χ4v) is 1.86. The first kappa shape index (κ1) is 15.7. The zero-order valence-electron chi connectivity index (χ0n) is 10.9. The third kappa shape index (κ3) is 5.89. The Bertz CT molecular complexity index is 457. The van der Waals surface area contributed by atoms with E-state index < -0.39 is 5.97 Å². The molecule has 1 N–H and O–H groups in total. The molecule has 0 saturated carbocycles. The summed E-state index contributed by atoms with van der Waals surface area (Å²) >= 11 is 3.35. The third-order valence-electron chi connectivity index (χ3n) is 2.43. The van der Waals surface area contributed by atoms with Crippen LogP contribution in [0.2, 0.25) is 0 Å². The van der Waals surface area contributed by atoms with E-state index >= 15 is 0 Å². The molecular weight excluding hydrogens is 312 g/mol. The average molecular weight is 329 g/mol. The molecule has 0 aliphatic carbocycles. The van der Waals surface area contributed by atoms with Gasteiger partial charge in [0, 0.05) is 36.2 Å². The van der Waals surface area contributed by atoms with E-state index in [0.717, 1.165) is 22.5 Å². The zero-order chi connectivity index (χ0) is 14.3. The lowest BCUT2D eigenvalue weighted by molar-refractivity contribution is -0.131. The van der Waals surface area contributed by atoms with E-state index in [1.165, 1.54) is 6.08 Å². The molecule has 19 heavy (non-hydrogen) atoms. The van der Waals surface area contributed by atoms with Gasteiger partial charge in [0.2, 0.25) is 0 Å². The van der Waals surface area contributed by atoms with Gasteiger partial charge in [-0.15, -0.1) is 0 Å². The van der Waals surface area contributed by atoms with E-state index in [2.05, 4.69) is 15.9 Å². The Kier molecular flexibility index (Phi) is 6.59. The molecule has 1 aromatic carbocycles. The Morgan fingerprint density at radius 3 is 2.89 bits per heavy atom. The Morgan fingerprint density at radius 1 is 1.53 bits per heavy atom. The van der Waals surface area contributed by atoms with Crippen LogP contribution in [-0.2, 0) is 9.53 Å². The summed E-state index contributed by atoms with van der Waals surface area (Å²) in [5, 5.41) is 8.68. The lowest BCUT2D eigenvalue weighted by Crippen LogP contribution is -2.14. The first-order valence-corrected chi connectivity index (χ1v) is 6.68. The van der Waals surface area contributed by atoms with E-state index in [1.54, 1.807) is 7.11 Å². The maximum absolute atomic E-state index is 10.6. The zero-order valence-corrected chi connectivity index (χ0v) is 12.5. The molecule has 1 unspecified atom stereocenters. The highest BCUT2D eigenvalue weighted by atomic mass is 79.9. The largest absolute Gasteiger partial charge is 0.490 e. The van der Waals surface area contributed by atoms with E-state index in [-0.39, 0.29) is 6.10 Å². The standard InChI is InChI=1S/C14H17BrO4/c1-10(7-8-18-2)19-13-5-4-12(15)9-11(13)3-6-14(16)17/h3-6,9-10H,7-8H2,1-2H3,(H,16,17)/b6-3+. The molecule has 4 nitrogen and oxygen atoms in total. The van der Waals surface area contributed by atoms with E-state index in [9.17, 15) is 4.79 Å². The monoisotopic (exact) mass is 328 g/mol. The van der Waals surface area contributed by atoms with Gasteiger partial charge in [-0.3, -0.25) is 0 Å². The molecule has 0 saturated heterocycles. The summed E-state index contributed by atoms with van der Waals surface area (Å²) in [5.74, 6) is -0.331. The van der Waals surface area contributed by atoms with Crippen molar-refractivity contribution in [3.05, 3.63) is 34.3 Å². The number of carboxylic acid groups (broad SMARTS) is 1. The summed E-state index contributed by atoms with van der Waals surface area (Å²) in [6.45, 7) is 2.57. The molecule has 0 spiro atoms. The third-order valence-corrected chi connectivity index (χ3v) is 2.93. The summed E-state index contributed by atoms with van der Waals surface area (Å²) in [4.78, 5) is 10.6. The molecule has 0 aliphatic rings. The lowest BCUT2D eigenvalue weighted by Gasteiger charge is -2.16. The topological polar surface area (TPSA) is 55.8 Å². The fourth-order valence-electron chi connectivity index (χ4n) is 1.48. The Hall–Kier alpha value is -1.33. The predicted molar refractivity (Wildman–Crippen MR) is 77.4 cm³/mol. The van der Waals surface area contributed by atoms with Gasteiger partial charge >= 0.3 is 5.97 Å². The number of carbonyl (C=O) groups is 1. The van der Waals surface area contributed by atoms with Crippen molar-refractivity contribution in [3.8, 4) is 5.75 Å². The van der Waals surface area contributed by atoms with Gasteiger partial charge in [0.05, 0.1) is 6.10 Å². The van der Waals surface area contributed by atoms with Gasteiger partial charge in [0.15, 0.2) is 0 Å². The smallest absolute Gasteiger partial charge is 0.328 e. The number of halogens is 1. The maximum atomic E-state index is 10.6. The molecule has 0 fully saturated rings. The fraction of sp³-hybridized carbons (Fsp3) is 0.357. The van der Waals surface area contributed by atoms with Crippen LogP contribution < -0.4 is 4.74 Å². The molecule has 0 radical (unpaired) electrons. The SMILES string of the molecule is COCCC(C)Oc1ccc(Br)cc1/C=C/C(=O)O. The molecule has 1 atom stereocenters. The van der Waals surface area contributed by atoms with Gasteiger partial charge in [-0.2, -0.15) is 0 Å². The second kappa shape index (κ2) is 7.96. The molecule has 5 heteroatoms. The minimum absolute atomic E-state index is 0.00176. The number of rotatable bonds is 7. The van der Waals surface area contributed by atoms with Crippen LogP contribution in [0.25, 0.3) is 6.08 Å². The van der Waals surface area contributed by atoms with Crippen molar-refractivity contribution in [2.45, 2.75) is 19.4 Å². The van der Waals surface area contributed by atoms with Crippen LogP contribution in [0, 0.1) is 0 Å². The van der Waals surface area contributed by atoms with Crippen LogP contribution in [0.5, 0.6) is 5.75 Å². The number of ether oxygens (including phenoxy) is 2. The van der Waals surface area contributed by atoms with E-state index in [0.29, 0.717) is 12.4 Å². The van der Waals surface area contributed by atoms with Gasteiger partial charge in [0.25, 0.3) is 0 Å². The second-order valence-corrected chi connectivity index (χ2v) is 4.98. The van der Waals surface area contributed by atoms with Gasteiger partial charge in [-0.25, -0.2) is 4.79 Å². The maximum Gasteiger partial charge on any atom is 0.328 e. The normalized spacial score (nSPS) is 12.6. The molecule has 0 aliphatic heterocycles. The number of methoxy groups -OCH3 is 1. The van der Waals surface area contributed by atoms with Crippen molar-refractivity contribution in [2.75, 3.05) is 13.7 Å². The summed E-state index contributed by atoms with van der Waals surface area (Å²) in [6, 6.07) is 5.49. The van der Waals surface area contributed by atoms with Gasteiger partial charge < -0.3 is 14.6 Å². The number of hydrogen-bond acceptors (Lipinski definition) is 3. The predicted octanol–water partition coefficient (Wildman–Crippen LogP) is 3.35. The highest BCUT2D eigenvalue weighted by Gasteiger charge is 2.08. The lowest BCUT2D eigenvalue weighted by atomic mass is 10.2. The number of aliphatic carboxylic acids is 1. The molecule has 0 bridgehead atoms. The van der Waals surface area contributed by atoms with Crippen molar-refractivity contribution >= 4 is 28.0 Å². The second-order valence-electron chi connectivity index (χ2n) is 4.06. The van der Waals surface area contributed by atoms with Gasteiger partial charge in [-0.05, 0) is 31.2 Å². The molecule has 1 aromatic rings. The summed E-state index contributed by atoms with van der Waals surface area (Å²) in [5.41, 5.74) is 0.723. The van der Waals surface area contributed by atoms with Crippen LogP contribution in [0.3, 0.4) is 0 Å². The Balaban J connectivity index is 2.84. The highest BCUT2D eigenvalue weighted by Crippen LogP contribution is 2.25. The first-order valence-electron chi connectivity index (χ1n) is 5.89. The van der Waals surface area contributed by atoms with E-state index in [4.69, 9.17) is 14.6 Å². The molecule has 0 heterocycles. The van der Waals surface area contributed by atoms with Crippen molar-refractivity contribution in [1.82, 2.24) is 0 Å². The van der Waals surface area contributed by atoms with Crippen molar-refractivity contribution in [2.24, 2.45) is 0 Å². The summed E-state index contributed by atoms with van der Waals surface area (Å²) in [6.07, 6.45) is 3.38.